The van der Waals surface area contributed by atoms with Gasteiger partial charge in [-0.05, 0) is 116 Å². The smallest absolute Gasteiger partial charge is 0.258 e. The topological polar surface area (TPSA) is 157 Å². The molecule has 2 atom stereocenters. The lowest BCUT2D eigenvalue weighted by atomic mass is 10.0. The number of rotatable bonds is 11. The molecule has 17 heteroatoms. The second-order valence-corrected chi connectivity index (χ2v) is 17.4. The zero-order valence-corrected chi connectivity index (χ0v) is 35.4. The summed E-state index contributed by atoms with van der Waals surface area (Å²) in [5, 5.41) is 18.4. The molecule has 0 radical (unpaired) electrons. The van der Waals surface area contributed by atoms with Gasteiger partial charge in [0.2, 0.25) is 5.91 Å². The van der Waals surface area contributed by atoms with Gasteiger partial charge in [0.05, 0.1) is 11.1 Å². The van der Waals surface area contributed by atoms with Gasteiger partial charge < -0.3 is 29.9 Å². The number of nitrogens with one attached hydrogen (secondary N) is 4. The van der Waals surface area contributed by atoms with E-state index in [1.807, 2.05) is 48.5 Å². The summed E-state index contributed by atoms with van der Waals surface area (Å²) < 4.78 is 33.5. The van der Waals surface area contributed by atoms with Crippen LogP contribution in [0.3, 0.4) is 0 Å². The summed E-state index contributed by atoms with van der Waals surface area (Å²) in [7, 11) is 0. The number of H-pyrrole nitrogens is 1. The van der Waals surface area contributed by atoms with Gasteiger partial charge in [-0.25, -0.2) is 8.78 Å². The van der Waals surface area contributed by atoms with E-state index in [1.54, 1.807) is 0 Å². The van der Waals surface area contributed by atoms with Gasteiger partial charge in [-0.15, -0.1) is 0 Å². The maximum Gasteiger partial charge on any atom is 0.258 e. The lowest BCUT2D eigenvalue weighted by molar-refractivity contribution is -0.252. The molecule has 4 saturated heterocycles. The first kappa shape index (κ1) is 41.8. The van der Waals surface area contributed by atoms with Gasteiger partial charge in [-0.1, -0.05) is 12.1 Å². The van der Waals surface area contributed by atoms with Gasteiger partial charge >= 0.3 is 0 Å². The normalized spacial score (nSPS) is 21.3. The number of halogens is 2. The molecule has 3 amide bonds. The number of carbonyl (C=O) groups is 3. The fourth-order valence-electron chi connectivity index (χ4n) is 9.60. The molecule has 0 bridgehead atoms. The van der Waals surface area contributed by atoms with Crippen molar-refractivity contribution in [1.29, 1.82) is 0 Å². The number of fused-ring (bicyclic) bond motifs is 2. The van der Waals surface area contributed by atoms with Crippen molar-refractivity contribution in [3.63, 3.8) is 0 Å². The molecule has 4 fully saturated rings. The number of amides is 3. The number of likely N-dealkylation sites (tertiary alicyclic amines) is 1. The molecule has 5 aliphatic heterocycles. The van der Waals surface area contributed by atoms with Crippen molar-refractivity contribution < 1.29 is 37.6 Å². The van der Waals surface area contributed by atoms with Gasteiger partial charge in [0, 0.05) is 99.0 Å². The Balaban J connectivity index is 0.776. The highest BCUT2D eigenvalue weighted by Crippen LogP contribution is 2.37. The number of hydrogen-bond donors (Lipinski definition) is 4. The summed E-state index contributed by atoms with van der Waals surface area (Å²) >= 11 is 0. The lowest BCUT2D eigenvalue weighted by Crippen LogP contribution is -2.55. The Bertz CT molecular complexity index is 2540. The van der Waals surface area contributed by atoms with E-state index in [-0.39, 0.29) is 24.3 Å². The van der Waals surface area contributed by atoms with E-state index >= 15 is 0 Å². The number of hydroxylamine groups is 2. The van der Waals surface area contributed by atoms with Gasteiger partial charge in [0.1, 0.15) is 11.6 Å². The Hall–Kier alpha value is -6.14. The van der Waals surface area contributed by atoms with Crippen molar-refractivity contribution in [2.75, 3.05) is 68.0 Å². The SMILES string of the molecule is O=C1CCC(N2Oc3ccc(CN4CCCC(N5CCN(c6ccc(C(=O)Nc7n[nH]c8ccc(Cc9cc(F)cc(F)c9)cc78)c(NC7CCOCC7)c6)CC5)C4)cc3O2)C(=O)N1. The highest BCUT2D eigenvalue weighted by atomic mass is 19.1. The van der Waals surface area contributed by atoms with Crippen LogP contribution in [0.5, 0.6) is 11.5 Å². The number of benzene rings is 4. The van der Waals surface area contributed by atoms with E-state index in [9.17, 15) is 23.2 Å². The molecule has 10 rings (SSSR count). The molecule has 1 aromatic heterocycles. The predicted octanol–water partition coefficient (Wildman–Crippen LogP) is 5.77. The van der Waals surface area contributed by atoms with Crippen molar-refractivity contribution in [3.05, 3.63) is 107 Å². The van der Waals surface area contributed by atoms with Crippen LogP contribution in [0.25, 0.3) is 10.9 Å². The summed E-state index contributed by atoms with van der Waals surface area (Å²) in [6.45, 7) is 7.61. The standard InChI is InChI=1S/C47H51F2N9O6/c48-32-21-31(22-33(49)25-32)20-29-3-7-39-38(23-29)45(54-53-39)52-46(60)37-6-5-35(26-40(37)50-34-11-18-62-19-12-34)56-14-16-57(17-15-56)36-2-1-13-55(28-36)27-30-4-9-42-43(24-30)64-58(63-42)41-8-10-44(59)51-47(41)61/h3-7,9,21-26,34,36,41,50H,1-2,8,10-20,27-28H2,(H,51,59,61)(H2,52,53,54,60). The fourth-order valence-corrected chi connectivity index (χ4v) is 9.60. The zero-order valence-electron chi connectivity index (χ0n) is 35.4. The summed E-state index contributed by atoms with van der Waals surface area (Å²) in [4.78, 5) is 57.3. The number of aromatic amines is 1. The van der Waals surface area contributed by atoms with Crippen molar-refractivity contribution in [2.45, 2.75) is 69.6 Å². The Labute approximate surface area is 368 Å². The van der Waals surface area contributed by atoms with Crippen molar-refractivity contribution in [3.8, 4) is 11.5 Å². The summed E-state index contributed by atoms with van der Waals surface area (Å²) in [6.07, 6.45) is 4.80. The van der Waals surface area contributed by atoms with E-state index in [0.717, 1.165) is 106 Å². The number of nitrogens with zero attached hydrogens (tertiary/aromatic N) is 5. The van der Waals surface area contributed by atoms with Crippen LogP contribution in [0.4, 0.5) is 26.0 Å². The average molecular weight is 876 g/mol. The molecule has 4 aromatic carbocycles. The van der Waals surface area contributed by atoms with Crippen LogP contribution in [-0.4, -0.2) is 114 Å². The third-order valence-corrected chi connectivity index (χ3v) is 13.0. The number of piperidine rings is 2. The van der Waals surface area contributed by atoms with Gasteiger partial charge in [-0.3, -0.25) is 34.6 Å². The van der Waals surface area contributed by atoms with E-state index in [2.05, 4.69) is 46.9 Å². The first-order chi connectivity index (χ1) is 31.2. The molecule has 64 heavy (non-hydrogen) atoms. The Morgan fingerprint density at radius 3 is 2.42 bits per heavy atom. The van der Waals surface area contributed by atoms with Crippen molar-refractivity contribution >= 4 is 45.8 Å². The number of ether oxygens (including phenoxy) is 1. The number of carbonyl (C=O) groups excluding carboxylic acids is 3. The number of anilines is 3. The molecule has 15 nitrogen and oxygen atoms in total. The van der Waals surface area contributed by atoms with Crippen LogP contribution in [0.1, 0.15) is 65.6 Å². The Kier molecular flexibility index (Phi) is 11.9. The molecule has 0 saturated carbocycles. The van der Waals surface area contributed by atoms with Crippen molar-refractivity contribution in [2.24, 2.45) is 0 Å². The predicted molar refractivity (Wildman–Crippen MR) is 235 cm³/mol. The summed E-state index contributed by atoms with van der Waals surface area (Å²) in [5.41, 5.74) is 5.48. The van der Waals surface area contributed by atoms with Gasteiger partial charge in [0.25, 0.3) is 11.8 Å². The minimum atomic E-state index is -0.693. The van der Waals surface area contributed by atoms with Crippen LogP contribution in [0.15, 0.2) is 72.8 Å². The van der Waals surface area contributed by atoms with Crippen LogP contribution >= 0.6 is 0 Å². The number of hydrogen-bond acceptors (Lipinski definition) is 12. The summed E-state index contributed by atoms with van der Waals surface area (Å²) in [5.74, 6) is -0.774. The fraction of sp³-hybridized carbons (Fsp3) is 0.404. The highest BCUT2D eigenvalue weighted by molar-refractivity contribution is 6.11. The number of aromatic nitrogens is 2. The molecule has 2 unspecified atom stereocenters. The molecule has 0 aliphatic carbocycles. The minimum Gasteiger partial charge on any atom is -0.381 e. The number of piperazine rings is 1. The first-order valence-electron chi connectivity index (χ1n) is 22.2. The Morgan fingerprint density at radius 1 is 0.812 bits per heavy atom. The quantitative estimate of drug-likeness (QED) is 0.119. The Morgan fingerprint density at radius 2 is 1.61 bits per heavy atom. The van der Waals surface area contributed by atoms with Crippen LogP contribution in [0, 0.1) is 11.6 Å². The summed E-state index contributed by atoms with van der Waals surface area (Å²) in [6, 6.07) is 20.9. The third kappa shape index (κ3) is 9.24. The molecular formula is C47H51F2N9O6. The average Bonchev–Trinajstić information content (AvgIpc) is 3.90. The second-order valence-electron chi connectivity index (χ2n) is 17.4. The number of imide groups is 1. The van der Waals surface area contributed by atoms with Crippen LogP contribution in [0.2, 0.25) is 0 Å². The van der Waals surface area contributed by atoms with E-state index in [4.69, 9.17) is 14.4 Å². The highest BCUT2D eigenvalue weighted by Gasteiger charge is 2.39. The molecule has 0 spiro atoms. The van der Waals surface area contributed by atoms with Gasteiger partial charge in [0.15, 0.2) is 23.4 Å². The van der Waals surface area contributed by atoms with Crippen LogP contribution < -0.4 is 30.5 Å². The molecular weight excluding hydrogens is 825 g/mol. The molecule has 5 aliphatic rings. The zero-order chi connectivity index (χ0) is 43.7. The molecule has 334 valence electrons. The monoisotopic (exact) mass is 875 g/mol. The van der Waals surface area contributed by atoms with Gasteiger partial charge in [-0.2, -0.15) is 5.10 Å². The van der Waals surface area contributed by atoms with E-state index < -0.39 is 23.6 Å². The largest absolute Gasteiger partial charge is 0.381 e. The molecule has 5 aromatic rings. The maximum absolute atomic E-state index is 14.1. The van der Waals surface area contributed by atoms with E-state index in [0.29, 0.717) is 65.9 Å². The van der Waals surface area contributed by atoms with Crippen LogP contribution in [-0.2, 0) is 27.3 Å². The van der Waals surface area contributed by atoms with Crippen molar-refractivity contribution in [1.82, 2.24) is 30.5 Å². The third-order valence-electron chi connectivity index (χ3n) is 13.0. The maximum atomic E-state index is 14.1. The minimum absolute atomic E-state index is 0.160. The van der Waals surface area contributed by atoms with E-state index in [1.165, 1.54) is 17.4 Å². The molecule has 4 N–H and O–H groups in total. The lowest BCUT2D eigenvalue weighted by Gasteiger charge is -2.44. The molecule has 6 heterocycles. The second kappa shape index (κ2) is 18.2. The first-order valence-corrected chi connectivity index (χ1v) is 22.2.